The lowest BCUT2D eigenvalue weighted by molar-refractivity contribution is 0.0953. The number of anilines is 1. The zero-order valence-electron chi connectivity index (χ0n) is 12.2. The molecule has 1 fully saturated rings. The van der Waals surface area contributed by atoms with Gasteiger partial charge >= 0.3 is 0 Å². The molecule has 0 heterocycles. The van der Waals surface area contributed by atoms with Crippen LogP contribution in [0, 0.1) is 0 Å². The average molecular weight is 275 g/mol. The number of carbonyl (C=O) groups excluding carboxylic acids is 1. The van der Waals surface area contributed by atoms with E-state index in [1.807, 2.05) is 31.2 Å². The van der Waals surface area contributed by atoms with Crippen molar-refractivity contribution in [3.8, 4) is 0 Å². The highest BCUT2D eigenvalue weighted by Crippen LogP contribution is 2.21. The normalized spacial score (nSPS) is 22.3. The molecule has 1 amide bonds. The minimum atomic E-state index is -0.00385. The van der Waals surface area contributed by atoms with E-state index in [1.165, 1.54) is 6.42 Å². The molecule has 0 spiro atoms. The Bertz CT molecular complexity index is 447. The second-order valence-corrected chi connectivity index (χ2v) is 5.60. The van der Waals surface area contributed by atoms with Crippen molar-refractivity contribution in [3.05, 3.63) is 29.8 Å². The topological polar surface area (TPSA) is 67.2 Å². The van der Waals surface area contributed by atoms with E-state index in [0.29, 0.717) is 24.2 Å². The van der Waals surface area contributed by atoms with E-state index in [9.17, 15) is 4.79 Å². The highest BCUT2D eigenvalue weighted by atomic mass is 16.1. The number of nitrogens with two attached hydrogens (primary N) is 1. The first kappa shape index (κ1) is 14.9. The first-order valence-electron chi connectivity index (χ1n) is 7.59. The van der Waals surface area contributed by atoms with Crippen molar-refractivity contribution in [2.75, 3.05) is 11.9 Å². The summed E-state index contributed by atoms with van der Waals surface area (Å²) in [5, 5.41) is 6.40. The third-order valence-corrected chi connectivity index (χ3v) is 3.75. The molecule has 1 aliphatic carbocycles. The largest absolute Gasteiger partial charge is 0.382 e. The average Bonchev–Trinajstić information content (AvgIpc) is 2.45. The Balaban J connectivity index is 1.96. The van der Waals surface area contributed by atoms with Crippen LogP contribution in [0.1, 0.15) is 49.4 Å². The van der Waals surface area contributed by atoms with Crippen LogP contribution in [0.5, 0.6) is 0 Å². The van der Waals surface area contributed by atoms with Gasteiger partial charge in [-0.05, 0) is 50.3 Å². The van der Waals surface area contributed by atoms with Crippen molar-refractivity contribution >= 4 is 11.6 Å². The first-order chi connectivity index (χ1) is 9.69. The van der Waals surface area contributed by atoms with Gasteiger partial charge in [0, 0.05) is 29.9 Å². The number of benzene rings is 1. The van der Waals surface area contributed by atoms with E-state index in [2.05, 4.69) is 10.6 Å². The Kier molecular flexibility index (Phi) is 5.41. The summed E-state index contributed by atoms with van der Waals surface area (Å²) in [5.41, 5.74) is 7.73. The van der Waals surface area contributed by atoms with E-state index in [1.54, 1.807) is 0 Å². The van der Waals surface area contributed by atoms with Crippen LogP contribution in [0.2, 0.25) is 0 Å². The summed E-state index contributed by atoms with van der Waals surface area (Å²) in [4.78, 5) is 11.9. The van der Waals surface area contributed by atoms with Crippen molar-refractivity contribution in [1.29, 1.82) is 0 Å². The molecule has 0 saturated heterocycles. The molecule has 1 aliphatic rings. The number of carbonyl (C=O) groups is 1. The molecule has 110 valence electrons. The van der Waals surface area contributed by atoms with Crippen LogP contribution in [0.25, 0.3) is 0 Å². The van der Waals surface area contributed by atoms with Gasteiger partial charge in [0.15, 0.2) is 0 Å². The molecule has 4 nitrogen and oxygen atoms in total. The summed E-state index contributed by atoms with van der Waals surface area (Å²) < 4.78 is 0. The molecule has 2 atom stereocenters. The van der Waals surface area contributed by atoms with Crippen LogP contribution >= 0.6 is 0 Å². The molecule has 20 heavy (non-hydrogen) atoms. The summed E-state index contributed by atoms with van der Waals surface area (Å²) in [6.07, 6.45) is 5.41. The van der Waals surface area contributed by atoms with Crippen molar-refractivity contribution in [2.24, 2.45) is 5.73 Å². The molecule has 0 radical (unpaired) electrons. The molecule has 2 rings (SSSR count). The summed E-state index contributed by atoms with van der Waals surface area (Å²) in [7, 11) is 0. The predicted octanol–water partition coefficient (Wildman–Crippen LogP) is 2.51. The van der Waals surface area contributed by atoms with Crippen molar-refractivity contribution in [3.63, 3.8) is 0 Å². The van der Waals surface area contributed by atoms with Crippen LogP contribution in [0.4, 0.5) is 5.69 Å². The Hall–Kier alpha value is -1.55. The zero-order chi connectivity index (χ0) is 14.4. The Morgan fingerprint density at radius 2 is 2.25 bits per heavy atom. The van der Waals surface area contributed by atoms with Crippen molar-refractivity contribution in [2.45, 2.75) is 51.1 Å². The standard InChI is InChI=1S/C16H25N3O/c1-2-9-18-16(20)12-5-3-7-14(10-12)19-15-8-4-6-13(17)11-15/h3,5,7,10,13,15,19H,2,4,6,8-9,11,17H2,1H3,(H,18,20). The molecule has 4 N–H and O–H groups in total. The van der Waals surface area contributed by atoms with Crippen LogP contribution in [-0.2, 0) is 0 Å². The highest BCUT2D eigenvalue weighted by molar-refractivity contribution is 5.95. The van der Waals surface area contributed by atoms with Gasteiger partial charge in [-0.25, -0.2) is 0 Å². The fourth-order valence-electron chi connectivity index (χ4n) is 2.69. The monoisotopic (exact) mass is 275 g/mol. The Morgan fingerprint density at radius 1 is 1.40 bits per heavy atom. The van der Waals surface area contributed by atoms with Gasteiger partial charge in [-0.2, -0.15) is 0 Å². The number of amides is 1. The molecule has 1 aromatic carbocycles. The van der Waals surface area contributed by atoms with Crippen molar-refractivity contribution < 1.29 is 4.79 Å². The van der Waals surface area contributed by atoms with Gasteiger partial charge in [0.25, 0.3) is 5.91 Å². The lowest BCUT2D eigenvalue weighted by Gasteiger charge is -2.28. The third kappa shape index (κ3) is 4.23. The lowest BCUT2D eigenvalue weighted by atomic mass is 9.91. The number of rotatable bonds is 5. The fourth-order valence-corrected chi connectivity index (χ4v) is 2.69. The fraction of sp³-hybridized carbons (Fsp3) is 0.562. The molecule has 4 heteroatoms. The van der Waals surface area contributed by atoms with E-state index in [-0.39, 0.29) is 5.91 Å². The zero-order valence-corrected chi connectivity index (χ0v) is 12.2. The summed E-state index contributed by atoms with van der Waals surface area (Å²) in [5.74, 6) is -0.00385. The van der Waals surface area contributed by atoms with Crippen LogP contribution in [-0.4, -0.2) is 24.5 Å². The van der Waals surface area contributed by atoms with Gasteiger partial charge in [-0.1, -0.05) is 13.0 Å². The number of hydrogen-bond donors (Lipinski definition) is 3. The van der Waals surface area contributed by atoms with Crippen LogP contribution in [0.15, 0.2) is 24.3 Å². The molecule has 0 aliphatic heterocycles. The molecule has 1 saturated carbocycles. The van der Waals surface area contributed by atoms with Gasteiger partial charge in [-0.15, -0.1) is 0 Å². The van der Waals surface area contributed by atoms with Crippen LogP contribution in [0.3, 0.4) is 0 Å². The first-order valence-corrected chi connectivity index (χ1v) is 7.59. The van der Waals surface area contributed by atoms with E-state index < -0.39 is 0 Å². The number of hydrogen-bond acceptors (Lipinski definition) is 3. The Morgan fingerprint density at radius 3 is 3.00 bits per heavy atom. The van der Waals surface area contributed by atoms with Gasteiger partial charge in [0.1, 0.15) is 0 Å². The SMILES string of the molecule is CCCNC(=O)c1cccc(NC2CCCC(N)C2)c1. The van der Waals surface area contributed by atoms with Gasteiger partial charge in [-0.3, -0.25) is 4.79 Å². The molecular formula is C16H25N3O. The van der Waals surface area contributed by atoms with Crippen LogP contribution < -0.4 is 16.4 Å². The Labute approximate surface area is 121 Å². The van der Waals surface area contributed by atoms with E-state index >= 15 is 0 Å². The van der Waals surface area contributed by atoms with Crippen molar-refractivity contribution in [1.82, 2.24) is 5.32 Å². The summed E-state index contributed by atoms with van der Waals surface area (Å²) in [6.45, 7) is 2.76. The summed E-state index contributed by atoms with van der Waals surface area (Å²) >= 11 is 0. The lowest BCUT2D eigenvalue weighted by Crippen LogP contribution is -2.34. The second-order valence-electron chi connectivity index (χ2n) is 5.60. The van der Waals surface area contributed by atoms with Gasteiger partial charge < -0.3 is 16.4 Å². The maximum Gasteiger partial charge on any atom is 0.251 e. The van der Waals surface area contributed by atoms with E-state index in [4.69, 9.17) is 5.73 Å². The number of nitrogens with one attached hydrogen (secondary N) is 2. The van der Waals surface area contributed by atoms with Gasteiger partial charge in [0.2, 0.25) is 0 Å². The molecular weight excluding hydrogens is 250 g/mol. The van der Waals surface area contributed by atoms with Gasteiger partial charge in [0.05, 0.1) is 0 Å². The predicted molar refractivity (Wildman–Crippen MR) is 82.9 cm³/mol. The second kappa shape index (κ2) is 7.29. The molecule has 1 aromatic rings. The quantitative estimate of drug-likeness (QED) is 0.773. The molecule has 0 aromatic heterocycles. The molecule has 0 bridgehead atoms. The highest BCUT2D eigenvalue weighted by Gasteiger charge is 2.19. The molecule has 2 unspecified atom stereocenters. The minimum absolute atomic E-state index is 0.00385. The third-order valence-electron chi connectivity index (χ3n) is 3.75. The summed E-state index contributed by atoms with van der Waals surface area (Å²) in [6, 6.07) is 8.43. The maximum absolute atomic E-state index is 11.9. The minimum Gasteiger partial charge on any atom is -0.382 e. The maximum atomic E-state index is 11.9. The van der Waals surface area contributed by atoms with E-state index in [0.717, 1.165) is 31.4 Å². The smallest absolute Gasteiger partial charge is 0.251 e.